The summed E-state index contributed by atoms with van der Waals surface area (Å²) >= 11 is 12.1. The number of amides is 1. The maximum Gasteiger partial charge on any atom is 0.410 e. The van der Waals surface area contributed by atoms with E-state index in [9.17, 15) is 4.79 Å². The van der Waals surface area contributed by atoms with Gasteiger partial charge in [-0.15, -0.1) is 0 Å². The summed E-state index contributed by atoms with van der Waals surface area (Å²) in [6, 6.07) is 14.6. The molecule has 1 N–H and O–H groups in total. The first-order valence-corrected chi connectivity index (χ1v) is 7.86. The fourth-order valence-corrected chi connectivity index (χ4v) is 2.42. The Morgan fingerprint density at radius 1 is 1.09 bits per heavy atom. The number of carbonyl (C=O) groups is 1. The Balaban J connectivity index is 2.02. The van der Waals surface area contributed by atoms with E-state index in [0.29, 0.717) is 15.6 Å². The van der Waals surface area contributed by atoms with Gasteiger partial charge in [0.15, 0.2) is 0 Å². The molecule has 122 valence electrons. The van der Waals surface area contributed by atoms with Crippen LogP contribution < -0.4 is 0 Å². The van der Waals surface area contributed by atoms with Gasteiger partial charge in [0.1, 0.15) is 6.61 Å². The van der Waals surface area contributed by atoms with E-state index in [1.165, 1.54) is 4.90 Å². The molecule has 0 radical (unpaired) electrons. The number of ether oxygens (including phenoxy) is 1. The molecule has 4 nitrogen and oxygen atoms in total. The van der Waals surface area contributed by atoms with Crippen LogP contribution in [0.25, 0.3) is 0 Å². The highest BCUT2D eigenvalue weighted by Crippen LogP contribution is 2.26. The van der Waals surface area contributed by atoms with Gasteiger partial charge in [-0.1, -0.05) is 65.7 Å². The van der Waals surface area contributed by atoms with Gasteiger partial charge in [-0.2, -0.15) is 0 Å². The SMILES string of the molecule is O=C(OCc1ccccc1)N(CCO)Cc1cccc(Cl)c1Cl. The number of aliphatic hydroxyl groups is 1. The molecular formula is C17H17Cl2NO3. The van der Waals surface area contributed by atoms with Crippen LogP contribution in [0, 0.1) is 0 Å². The third-order valence-corrected chi connectivity index (χ3v) is 4.08. The zero-order chi connectivity index (χ0) is 16.7. The molecule has 1 amide bonds. The molecule has 0 bridgehead atoms. The monoisotopic (exact) mass is 353 g/mol. The quantitative estimate of drug-likeness (QED) is 0.849. The predicted molar refractivity (Wildman–Crippen MR) is 90.6 cm³/mol. The standard InChI is InChI=1S/C17H17Cl2NO3/c18-15-8-4-7-14(16(15)19)11-20(9-10-21)17(22)23-12-13-5-2-1-3-6-13/h1-8,21H,9-12H2. The van der Waals surface area contributed by atoms with Crippen molar-refractivity contribution in [2.24, 2.45) is 0 Å². The summed E-state index contributed by atoms with van der Waals surface area (Å²) < 4.78 is 5.28. The predicted octanol–water partition coefficient (Wildman–Crippen LogP) is 4.12. The minimum absolute atomic E-state index is 0.149. The van der Waals surface area contributed by atoms with Gasteiger partial charge >= 0.3 is 6.09 Å². The van der Waals surface area contributed by atoms with E-state index in [2.05, 4.69) is 0 Å². The van der Waals surface area contributed by atoms with E-state index in [1.54, 1.807) is 18.2 Å². The summed E-state index contributed by atoms with van der Waals surface area (Å²) in [5.74, 6) is 0. The second-order valence-electron chi connectivity index (χ2n) is 4.90. The van der Waals surface area contributed by atoms with Gasteiger partial charge in [-0.05, 0) is 17.2 Å². The lowest BCUT2D eigenvalue weighted by atomic mass is 10.2. The van der Waals surface area contributed by atoms with Gasteiger partial charge in [-0.3, -0.25) is 0 Å². The van der Waals surface area contributed by atoms with Crippen LogP contribution in [0.4, 0.5) is 4.79 Å². The van der Waals surface area contributed by atoms with Crippen molar-refractivity contribution >= 4 is 29.3 Å². The lowest BCUT2D eigenvalue weighted by Gasteiger charge is -2.22. The van der Waals surface area contributed by atoms with Crippen molar-refractivity contribution in [3.05, 3.63) is 69.7 Å². The summed E-state index contributed by atoms with van der Waals surface area (Å²) in [5.41, 5.74) is 1.59. The number of hydrogen-bond donors (Lipinski definition) is 1. The zero-order valence-electron chi connectivity index (χ0n) is 12.4. The van der Waals surface area contributed by atoms with E-state index in [0.717, 1.165) is 5.56 Å². The Labute approximate surface area is 145 Å². The second-order valence-corrected chi connectivity index (χ2v) is 5.68. The molecule has 2 aromatic rings. The summed E-state index contributed by atoms with van der Waals surface area (Å²) in [4.78, 5) is 13.6. The number of nitrogens with zero attached hydrogens (tertiary/aromatic N) is 1. The first-order valence-electron chi connectivity index (χ1n) is 7.11. The Morgan fingerprint density at radius 3 is 2.52 bits per heavy atom. The number of benzene rings is 2. The van der Waals surface area contributed by atoms with E-state index >= 15 is 0 Å². The molecule has 6 heteroatoms. The lowest BCUT2D eigenvalue weighted by molar-refractivity contribution is 0.0859. The topological polar surface area (TPSA) is 49.8 Å². The van der Waals surface area contributed by atoms with Crippen LogP contribution in [0.2, 0.25) is 10.0 Å². The molecule has 0 unspecified atom stereocenters. The van der Waals surface area contributed by atoms with Crippen molar-refractivity contribution in [1.82, 2.24) is 4.90 Å². The highest BCUT2D eigenvalue weighted by Gasteiger charge is 2.17. The molecule has 0 atom stereocenters. The van der Waals surface area contributed by atoms with E-state index in [1.807, 2.05) is 30.3 Å². The molecular weight excluding hydrogens is 337 g/mol. The van der Waals surface area contributed by atoms with Gasteiger partial charge in [0.2, 0.25) is 0 Å². The second kappa shape index (κ2) is 8.77. The summed E-state index contributed by atoms with van der Waals surface area (Å²) in [5, 5.41) is 9.98. The fraction of sp³-hybridized carbons (Fsp3) is 0.235. The molecule has 0 aliphatic carbocycles. The van der Waals surface area contributed by atoms with Crippen LogP contribution in [0.3, 0.4) is 0 Å². The van der Waals surface area contributed by atoms with Crippen molar-refractivity contribution in [3.63, 3.8) is 0 Å². The molecule has 2 aromatic carbocycles. The van der Waals surface area contributed by atoms with Crippen molar-refractivity contribution in [3.8, 4) is 0 Å². The third kappa shape index (κ3) is 5.13. The summed E-state index contributed by atoms with van der Waals surface area (Å²) in [6.45, 7) is 0.369. The normalized spacial score (nSPS) is 10.4. The van der Waals surface area contributed by atoms with Crippen LogP contribution in [0.1, 0.15) is 11.1 Å². The number of aliphatic hydroxyl groups excluding tert-OH is 1. The first-order chi connectivity index (χ1) is 11.1. The van der Waals surface area contributed by atoms with Crippen molar-refractivity contribution < 1.29 is 14.6 Å². The summed E-state index contributed by atoms with van der Waals surface area (Å²) in [6.07, 6.45) is -0.515. The van der Waals surface area contributed by atoms with Gasteiger partial charge in [0, 0.05) is 6.54 Å². The van der Waals surface area contributed by atoms with E-state index in [-0.39, 0.29) is 26.3 Å². The van der Waals surface area contributed by atoms with Crippen LogP contribution in [-0.2, 0) is 17.9 Å². The van der Waals surface area contributed by atoms with Gasteiger partial charge in [0.25, 0.3) is 0 Å². The number of halogens is 2. The molecule has 0 aliphatic rings. The maximum atomic E-state index is 12.2. The molecule has 2 rings (SSSR count). The average molecular weight is 354 g/mol. The van der Waals surface area contributed by atoms with Gasteiger partial charge in [-0.25, -0.2) is 4.79 Å². The highest BCUT2D eigenvalue weighted by atomic mass is 35.5. The molecule has 0 spiro atoms. The number of hydrogen-bond acceptors (Lipinski definition) is 3. The average Bonchev–Trinajstić information content (AvgIpc) is 2.57. The molecule has 0 aliphatic heterocycles. The third-order valence-electron chi connectivity index (χ3n) is 3.23. The van der Waals surface area contributed by atoms with Crippen LogP contribution in [-0.4, -0.2) is 29.3 Å². The van der Waals surface area contributed by atoms with E-state index < -0.39 is 6.09 Å². The number of carbonyl (C=O) groups excluding carboxylic acids is 1. The van der Waals surface area contributed by atoms with Crippen LogP contribution in [0.5, 0.6) is 0 Å². The van der Waals surface area contributed by atoms with Crippen molar-refractivity contribution in [2.75, 3.05) is 13.2 Å². The highest BCUT2D eigenvalue weighted by molar-refractivity contribution is 6.42. The molecule has 23 heavy (non-hydrogen) atoms. The lowest BCUT2D eigenvalue weighted by Crippen LogP contribution is -2.33. The Kier molecular flexibility index (Phi) is 6.71. The Hall–Kier alpha value is -1.75. The number of rotatable bonds is 6. The first kappa shape index (κ1) is 17.6. The molecule has 0 saturated heterocycles. The Bertz CT molecular complexity index is 650. The van der Waals surface area contributed by atoms with Crippen LogP contribution in [0.15, 0.2) is 48.5 Å². The summed E-state index contributed by atoms with van der Waals surface area (Å²) in [7, 11) is 0. The molecule has 0 fully saturated rings. The minimum atomic E-state index is -0.515. The zero-order valence-corrected chi connectivity index (χ0v) is 13.9. The smallest absolute Gasteiger partial charge is 0.410 e. The van der Waals surface area contributed by atoms with E-state index in [4.69, 9.17) is 33.0 Å². The van der Waals surface area contributed by atoms with Crippen molar-refractivity contribution in [2.45, 2.75) is 13.2 Å². The Morgan fingerprint density at radius 2 is 1.83 bits per heavy atom. The molecule has 0 aromatic heterocycles. The molecule has 0 saturated carbocycles. The largest absolute Gasteiger partial charge is 0.445 e. The molecule has 0 heterocycles. The van der Waals surface area contributed by atoms with Crippen LogP contribution >= 0.6 is 23.2 Å². The minimum Gasteiger partial charge on any atom is -0.445 e. The van der Waals surface area contributed by atoms with Gasteiger partial charge in [0.05, 0.1) is 23.2 Å². The maximum absolute atomic E-state index is 12.2. The van der Waals surface area contributed by atoms with Crippen molar-refractivity contribution in [1.29, 1.82) is 0 Å². The van der Waals surface area contributed by atoms with Gasteiger partial charge < -0.3 is 14.7 Å². The fourth-order valence-electron chi connectivity index (χ4n) is 2.04.